The van der Waals surface area contributed by atoms with Crippen LogP contribution < -0.4 is 5.32 Å². The van der Waals surface area contributed by atoms with Crippen molar-refractivity contribution in [1.82, 2.24) is 30.4 Å². The van der Waals surface area contributed by atoms with Gasteiger partial charge in [0, 0.05) is 24.4 Å². The Morgan fingerprint density at radius 1 is 1.33 bits per heavy atom. The number of nitrogens with one attached hydrogen (secondary N) is 1. The van der Waals surface area contributed by atoms with E-state index >= 15 is 0 Å². The number of tetrazole rings is 1. The highest BCUT2D eigenvalue weighted by atomic mass is 35.5. The second-order valence-corrected chi connectivity index (χ2v) is 11.6. The Morgan fingerprint density at radius 3 is 2.58 bits per heavy atom. The van der Waals surface area contributed by atoms with Gasteiger partial charge in [0.1, 0.15) is 17.1 Å². The maximum absolute atomic E-state index is 12.9. The van der Waals surface area contributed by atoms with E-state index in [1.54, 1.807) is 7.05 Å². The minimum Gasteiger partial charge on any atom is -0.477 e. The first-order valence-corrected chi connectivity index (χ1v) is 14.3. The second-order valence-electron chi connectivity index (χ2n) is 7.80. The number of aryl methyl sites for hydroxylation is 1. The quantitative estimate of drug-likeness (QED) is 0.162. The van der Waals surface area contributed by atoms with E-state index < -0.39 is 44.6 Å². The van der Waals surface area contributed by atoms with E-state index in [4.69, 9.17) is 11.6 Å². The van der Waals surface area contributed by atoms with E-state index in [1.807, 2.05) is 0 Å². The first-order valence-electron chi connectivity index (χ1n) is 10.2. The number of hydrogen-bond acceptors (Lipinski definition) is 10. The van der Waals surface area contributed by atoms with Crippen molar-refractivity contribution < 1.29 is 32.5 Å². The molecule has 2 aliphatic heterocycles. The van der Waals surface area contributed by atoms with Crippen molar-refractivity contribution in [3.8, 4) is 0 Å². The van der Waals surface area contributed by atoms with Crippen LogP contribution >= 0.6 is 35.1 Å². The van der Waals surface area contributed by atoms with E-state index in [0.717, 1.165) is 4.90 Å². The van der Waals surface area contributed by atoms with Crippen molar-refractivity contribution in [2.24, 2.45) is 7.05 Å². The molecule has 3 unspecified atom stereocenters. The zero-order chi connectivity index (χ0) is 26.2. The summed E-state index contributed by atoms with van der Waals surface area (Å²) in [5.41, 5.74) is 0.952. The van der Waals surface area contributed by atoms with Gasteiger partial charge >= 0.3 is 5.97 Å². The Bertz CT molecular complexity index is 1350. The van der Waals surface area contributed by atoms with Crippen LogP contribution in [0.15, 0.2) is 40.7 Å². The molecule has 2 aromatic rings. The minimum absolute atomic E-state index is 0.00695. The number of β-lactam (4-membered cyclic amide) rings is 1. The van der Waals surface area contributed by atoms with Crippen molar-refractivity contribution in [3.05, 3.63) is 46.7 Å². The predicted molar refractivity (Wildman–Crippen MR) is 129 cm³/mol. The fourth-order valence-corrected chi connectivity index (χ4v) is 7.11. The standard InChI is InChI=1S/C19H19ClN6O7S3/c1-25-19(22-23-24-25)35-8-11-7-34-17-12(16(28)26(17)13(11)18(29)30)21-15(27)14(36(31,32)33)10-4-2-9(6-20)3-5-10/h2-5,12,14,17H,6-8H2,1H3,(H,21,27)(H,29,30)(H,31,32,33). The highest BCUT2D eigenvalue weighted by Crippen LogP contribution is 2.41. The van der Waals surface area contributed by atoms with Crippen LogP contribution in [0.25, 0.3) is 0 Å². The Balaban J connectivity index is 1.52. The molecule has 0 radical (unpaired) electrons. The smallest absolute Gasteiger partial charge is 0.352 e. The lowest BCUT2D eigenvalue weighted by atomic mass is 10.0. The molecule has 192 valence electrons. The number of carbonyl (C=O) groups excluding carboxylic acids is 2. The number of halogens is 1. The summed E-state index contributed by atoms with van der Waals surface area (Å²) in [6, 6.07) is 4.56. The van der Waals surface area contributed by atoms with Gasteiger partial charge in [-0.25, -0.2) is 9.48 Å². The van der Waals surface area contributed by atoms with Gasteiger partial charge in [0.2, 0.25) is 11.1 Å². The molecule has 0 aliphatic carbocycles. The molecule has 1 aromatic carbocycles. The number of alkyl halides is 1. The average molecular weight is 575 g/mol. The molecule has 1 fully saturated rings. The third-order valence-electron chi connectivity index (χ3n) is 5.48. The van der Waals surface area contributed by atoms with Gasteiger partial charge in [-0.2, -0.15) is 8.42 Å². The number of fused-ring (bicyclic) bond motifs is 1. The monoisotopic (exact) mass is 574 g/mol. The summed E-state index contributed by atoms with van der Waals surface area (Å²) in [6.45, 7) is 0. The maximum atomic E-state index is 12.9. The second kappa shape index (κ2) is 10.4. The van der Waals surface area contributed by atoms with Gasteiger partial charge in [-0.05, 0) is 27.1 Å². The van der Waals surface area contributed by atoms with Crippen LogP contribution in [-0.2, 0) is 37.4 Å². The number of amides is 2. The van der Waals surface area contributed by atoms with E-state index in [9.17, 15) is 32.5 Å². The zero-order valence-electron chi connectivity index (χ0n) is 18.4. The van der Waals surface area contributed by atoms with Crippen LogP contribution in [0.1, 0.15) is 16.4 Å². The Labute approximate surface area is 218 Å². The molecular formula is C19H19ClN6O7S3. The summed E-state index contributed by atoms with van der Waals surface area (Å²) >= 11 is 8.17. The molecule has 1 aromatic heterocycles. The highest BCUT2D eigenvalue weighted by molar-refractivity contribution is 8.01. The SMILES string of the molecule is Cn1nnnc1SCC1=C(C(=O)O)N2C(=O)C(NC(=O)C(c3ccc(CCl)cc3)S(=O)(=O)O)C2SC1. The largest absolute Gasteiger partial charge is 0.477 e. The third-order valence-corrected chi connectivity index (χ3v) is 9.30. The van der Waals surface area contributed by atoms with E-state index in [0.29, 0.717) is 16.3 Å². The van der Waals surface area contributed by atoms with Gasteiger partial charge in [-0.3, -0.25) is 19.0 Å². The molecule has 1 saturated heterocycles. The molecule has 3 atom stereocenters. The lowest BCUT2D eigenvalue weighted by molar-refractivity contribution is -0.150. The third kappa shape index (κ3) is 5.08. The van der Waals surface area contributed by atoms with Crippen molar-refractivity contribution in [3.63, 3.8) is 0 Å². The van der Waals surface area contributed by atoms with Crippen LogP contribution in [0.4, 0.5) is 0 Å². The number of carboxylic acid groups (broad SMARTS) is 1. The maximum Gasteiger partial charge on any atom is 0.352 e. The molecule has 13 nitrogen and oxygen atoms in total. The lowest BCUT2D eigenvalue weighted by Gasteiger charge is -2.49. The molecule has 36 heavy (non-hydrogen) atoms. The normalized spacial score (nSPS) is 20.5. The van der Waals surface area contributed by atoms with E-state index in [-0.39, 0.29) is 28.6 Å². The first-order chi connectivity index (χ1) is 17.0. The summed E-state index contributed by atoms with van der Waals surface area (Å²) in [5, 5.41) is 21.0. The molecule has 17 heteroatoms. The zero-order valence-corrected chi connectivity index (χ0v) is 21.6. The van der Waals surface area contributed by atoms with Gasteiger partial charge in [0.15, 0.2) is 5.25 Å². The van der Waals surface area contributed by atoms with E-state index in [2.05, 4.69) is 20.8 Å². The molecule has 4 rings (SSSR count). The van der Waals surface area contributed by atoms with Crippen molar-refractivity contribution in [1.29, 1.82) is 0 Å². The number of aromatic nitrogens is 4. The van der Waals surface area contributed by atoms with Crippen LogP contribution in [0.5, 0.6) is 0 Å². The summed E-state index contributed by atoms with van der Waals surface area (Å²) in [5.74, 6) is -2.47. The molecule has 3 heterocycles. The average Bonchev–Trinajstić information content (AvgIpc) is 3.24. The number of rotatable bonds is 9. The number of thioether (sulfide) groups is 2. The molecular weight excluding hydrogens is 556 g/mol. The van der Waals surface area contributed by atoms with Crippen molar-refractivity contribution >= 4 is 63.0 Å². The Kier molecular flexibility index (Phi) is 7.61. The van der Waals surface area contributed by atoms with Gasteiger partial charge in [0.05, 0.1) is 0 Å². The fourth-order valence-electron chi connectivity index (χ4n) is 3.76. The molecule has 0 saturated carbocycles. The fraction of sp³-hybridized carbons (Fsp3) is 0.368. The summed E-state index contributed by atoms with van der Waals surface area (Å²) in [4.78, 5) is 38.9. The Hall–Kier alpha value is -2.66. The number of carbonyl (C=O) groups is 3. The highest BCUT2D eigenvalue weighted by Gasteiger charge is 2.55. The number of hydrogen-bond donors (Lipinski definition) is 3. The molecule has 2 aliphatic rings. The number of carboxylic acids is 1. The lowest BCUT2D eigenvalue weighted by Crippen LogP contribution is -2.71. The van der Waals surface area contributed by atoms with Gasteiger partial charge in [0.25, 0.3) is 16.0 Å². The van der Waals surface area contributed by atoms with Crippen LogP contribution in [0.3, 0.4) is 0 Å². The summed E-state index contributed by atoms with van der Waals surface area (Å²) in [6.07, 6.45) is 0. The summed E-state index contributed by atoms with van der Waals surface area (Å²) < 4.78 is 35.2. The van der Waals surface area contributed by atoms with Crippen molar-refractivity contribution in [2.45, 2.75) is 27.7 Å². The molecule has 2 amide bonds. The Morgan fingerprint density at radius 2 is 2.03 bits per heavy atom. The number of benzene rings is 1. The van der Waals surface area contributed by atoms with Gasteiger partial charge < -0.3 is 10.4 Å². The van der Waals surface area contributed by atoms with Crippen molar-refractivity contribution in [2.75, 3.05) is 11.5 Å². The van der Waals surface area contributed by atoms with E-state index in [1.165, 1.54) is 52.5 Å². The van der Waals surface area contributed by atoms with Crippen LogP contribution in [0, 0.1) is 0 Å². The molecule has 3 N–H and O–H groups in total. The summed E-state index contributed by atoms with van der Waals surface area (Å²) in [7, 11) is -3.24. The van der Waals surface area contributed by atoms with Gasteiger partial charge in [-0.1, -0.05) is 36.0 Å². The van der Waals surface area contributed by atoms with Crippen LogP contribution in [0.2, 0.25) is 0 Å². The van der Waals surface area contributed by atoms with Crippen LogP contribution in [-0.4, -0.2) is 83.9 Å². The number of nitrogens with zero attached hydrogens (tertiary/aromatic N) is 5. The number of aliphatic carboxylic acids is 1. The molecule has 0 bridgehead atoms. The minimum atomic E-state index is -4.88. The molecule has 0 spiro atoms. The predicted octanol–water partition coefficient (Wildman–Crippen LogP) is 0.409. The topological polar surface area (TPSA) is 185 Å². The van der Waals surface area contributed by atoms with Gasteiger partial charge in [-0.15, -0.1) is 28.5 Å². The first kappa shape index (κ1) is 26.4.